The summed E-state index contributed by atoms with van der Waals surface area (Å²) in [6.07, 6.45) is -2.98. The highest BCUT2D eigenvalue weighted by atomic mass is 19.3. The first-order valence-corrected chi connectivity index (χ1v) is 4.41. The van der Waals surface area contributed by atoms with E-state index in [1.807, 2.05) is 0 Å². The van der Waals surface area contributed by atoms with Gasteiger partial charge in [-0.3, -0.25) is 0 Å². The average molecular weight is 219 g/mol. The number of methoxy groups -OCH3 is 1. The van der Waals surface area contributed by atoms with Gasteiger partial charge in [0.15, 0.2) is 11.6 Å². The van der Waals surface area contributed by atoms with Gasteiger partial charge in [-0.25, -0.2) is 13.2 Å². The fourth-order valence-corrected chi connectivity index (χ4v) is 1.24. The smallest absolute Gasteiger partial charge is 0.240 e. The van der Waals surface area contributed by atoms with E-state index >= 15 is 0 Å². The summed E-state index contributed by atoms with van der Waals surface area (Å²) in [4.78, 5) is 0. The molecule has 0 fully saturated rings. The van der Waals surface area contributed by atoms with Gasteiger partial charge in [-0.05, 0) is 17.7 Å². The van der Waals surface area contributed by atoms with Crippen molar-refractivity contribution < 1.29 is 17.9 Å². The summed E-state index contributed by atoms with van der Waals surface area (Å²) >= 11 is 0. The molecular weight excluding hydrogens is 207 g/mol. The van der Waals surface area contributed by atoms with Crippen LogP contribution in [0.2, 0.25) is 0 Å². The Balaban J connectivity index is 2.82. The minimum atomic E-state index is -2.50. The van der Waals surface area contributed by atoms with Crippen LogP contribution in [-0.4, -0.2) is 13.5 Å². The molecule has 0 radical (unpaired) electrons. The summed E-state index contributed by atoms with van der Waals surface area (Å²) in [7, 11) is 1.33. The lowest BCUT2D eigenvalue weighted by molar-refractivity contribution is 0.128. The van der Waals surface area contributed by atoms with E-state index in [2.05, 4.69) is 0 Å². The number of halogens is 3. The first kappa shape index (κ1) is 11.8. The van der Waals surface area contributed by atoms with Gasteiger partial charge in [-0.2, -0.15) is 0 Å². The van der Waals surface area contributed by atoms with Crippen LogP contribution in [0.1, 0.15) is 18.0 Å². The van der Waals surface area contributed by atoms with Crippen molar-refractivity contribution in [2.45, 2.75) is 18.9 Å². The molecule has 1 aromatic rings. The summed E-state index contributed by atoms with van der Waals surface area (Å²) in [6.45, 7) is 0. The molecule has 2 N–H and O–H groups in total. The van der Waals surface area contributed by atoms with Gasteiger partial charge in [0, 0.05) is 12.5 Å². The van der Waals surface area contributed by atoms with Gasteiger partial charge in [-0.15, -0.1) is 0 Å². The summed E-state index contributed by atoms with van der Waals surface area (Å²) in [5.74, 6) is -0.525. The maximum Gasteiger partial charge on any atom is 0.240 e. The highest BCUT2D eigenvalue weighted by molar-refractivity contribution is 5.30. The minimum absolute atomic E-state index is 0.0722. The quantitative estimate of drug-likeness (QED) is 0.844. The van der Waals surface area contributed by atoms with Crippen LogP contribution >= 0.6 is 0 Å². The molecule has 0 unspecified atom stereocenters. The zero-order valence-corrected chi connectivity index (χ0v) is 8.21. The topological polar surface area (TPSA) is 35.2 Å². The number of nitrogens with two attached hydrogens (primary N) is 1. The number of hydrogen-bond donors (Lipinski definition) is 1. The number of rotatable bonds is 4. The van der Waals surface area contributed by atoms with E-state index in [1.54, 1.807) is 0 Å². The molecule has 15 heavy (non-hydrogen) atoms. The lowest BCUT2D eigenvalue weighted by Gasteiger charge is -2.12. The van der Waals surface area contributed by atoms with Gasteiger partial charge >= 0.3 is 0 Å². The molecule has 0 amide bonds. The normalized spacial score (nSPS) is 12.9. The summed E-state index contributed by atoms with van der Waals surface area (Å²) < 4.78 is 41.9. The molecule has 0 aromatic heterocycles. The van der Waals surface area contributed by atoms with E-state index in [0.717, 1.165) is 6.07 Å². The molecule has 0 heterocycles. The Morgan fingerprint density at radius 3 is 2.53 bits per heavy atom. The molecule has 0 aliphatic rings. The highest BCUT2D eigenvalue weighted by Gasteiger charge is 2.14. The van der Waals surface area contributed by atoms with Crippen LogP contribution in [-0.2, 0) is 0 Å². The zero-order chi connectivity index (χ0) is 11.4. The predicted octanol–water partition coefficient (Wildman–Crippen LogP) is 2.49. The van der Waals surface area contributed by atoms with Gasteiger partial charge in [-0.1, -0.05) is 6.07 Å². The van der Waals surface area contributed by atoms with E-state index < -0.39 is 24.7 Å². The van der Waals surface area contributed by atoms with Crippen molar-refractivity contribution >= 4 is 0 Å². The van der Waals surface area contributed by atoms with E-state index in [1.165, 1.54) is 19.2 Å². The third-order valence-electron chi connectivity index (χ3n) is 2.04. The lowest BCUT2D eigenvalue weighted by atomic mass is 10.0. The first-order chi connectivity index (χ1) is 7.04. The van der Waals surface area contributed by atoms with E-state index in [-0.39, 0.29) is 5.75 Å². The molecule has 0 aliphatic heterocycles. The fourth-order valence-electron chi connectivity index (χ4n) is 1.24. The van der Waals surface area contributed by atoms with Crippen molar-refractivity contribution in [3.05, 3.63) is 29.6 Å². The molecular formula is C10H12F3NO. The second-order valence-electron chi connectivity index (χ2n) is 3.13. The number of hydrogen-bond acceptors (Lipinski definition) is 2. The summed E-state index contributed by atoms with van der Waals surface area (Å²) in [6, 6.07) is 3.11. The van der Waals surface area contributed by atoms with Crippen LogP contribution < -0.4 is 10.5 Å². The lowest BCUT2D eigenvalue weighted by Crippen LogP contribution is -2.14. The van der Waals surface area contributed by atoms with Crippen molar-refractivity contribution in [2.75, 3.05) is 7.11 Å². The van der Waals surface area contributed by atoms with Crippen LogP contribution in [0.5, 0.6) is 5.75 Å². The molecule has 0 saturated heterocycles. The van der Waals surface area contributed by atoms with Crippen LogP contribution in [0.4, 0.5) is 13.2 Å². The molecule has 2 nitrogen and oxygen atoms in total. The Labute approximate surface area is 85.8 Å². The minimum Gasteiger partial charge on any atom is -0.494 e. The molecule has 1 atom stereocenters. The van der Waals surface area contributed by atoms with E-state index in [4.69, 9.17) is 10.5 Å². The van der Waals surface area contributed by atoms with Crippen molar-refractivity contribution in [3.63, 3.8) is 0 Å². The van der Waals surface area contributed by atoms with Gasteiger partial charge in [0.25, 0.3) is 0 Å². The average Bonchev–Trinajstić information content (AvgIpc) is 2.16. The molecule has 0 spiro atoms. The molecule has 0 saturated carbocycles. The first-order valence-electron chi connectivity index (χ1n) is 4.41. The number of ether oxygens (including phenoxy) is 1. The Bertz CT molecular complexity index is 330. The van der Waals surface area contributed by atoms with Gasteiger partial charge in [0.05, 0.1) is 7.11 Å². The number of benzene rings is 1. The molecule has 5 heteroatoms. The Kier molecular flexibility index (Phi) is 3.96. The maximum atomic E-state index is 13.2. The second-order valence-corrected chi connectivity index (χ2v) is 3.13. The summed E-state index contributed by atoms with van der Waals surface area (Å²) in [5.41, 5.74) is 5.81. The standard InChI is InChI=1S/C10H12F3NO/c1-15-9-3-2-6(4-7(9)11)8(14)5-10(12)13/h2-4,8,10H,5,14H2,1H3/t8-/m1/s1. The zero-order valence-electron chi connectivity index (χ0n) is 8.21. The molecule has 1 rings (SSSR count). The Hall–Kier alpha value is -1.23. The Morgan fingerprint density at radius 2 is 2.07 bits per heavy atom. The van der Waals surface area contributed by atoms with Gasteiger partial charge < -0.3 is 10.5 Å². The SMILES string of the molecule is COc1ccc([C@H](N)CC(F)F)cc1F. The second kappa shape index (κ2) is 5.02. The largest absolute Gasteiger partial charge is 0.494 e. The molecule has 0 aliphatic carbocycles. The van der Waals surface area contributed by atoms with E-state index in [0.29, 0.717) is 5.56 Å². The van der Waals surface area contributed by atoms with Crippen LogP contribution in [0.3, 0.4) is 0 Å². The third kappa shape index (κ3) is 3.13. The molecule has 0 bridgehead atoms. The van der Waals surface area contributed by atoms with Crippen molar-refractivity contribution in [2.24, 2.45) is 5.73 Å². The number of alkyl halides is 2. The van der Waals surface area contributed by atoms with Crippen molar-refractivity contribution in [1.82, 2.24) is 0 Å². The fraction of sp³-hybridized carbons (Fsp3) is 0.400. The van der Waals surface area contributed by atoms with E-state index in [9.17, 15) is 13.2 Å². The molecule has 84 valence electrons. The van der Waals surface area contributed by atoms with Crippen LogP contribution in [0.25, 0.3) is 0 Å². The van der Waals surface area contributed by atoms with Gasteiger partial charge in [0.2, 0.25) is 6.43 Å². The highest BCUT2D eigenvalue weighted by Crippen LogP contribution is 2.23. The third-order valence-corrected chi connectivity index (χ3v) is 2.04. The summed E-state index contributed by atoms with van der Waals surface area (Å²) in [5, 5.41) is 0. The van der Waals surface area contributed by atoms with Crippen molar-refractivity contribution in [1.29, 1.82) is 0 Å². The maximum absolute atomic E-state index is 13.2. The monoisotopic (exact) mass is 219 g/mol. The Morgan fingerprint density at radius 1 is 1.40 bits per heavy atom. The van der Waals surface area contributed by atoms with Crippen LogP contribution in [0, 0.1) is 5.82 Å². The van der Waals surface area contributed by atoms with Crippen LogP contribution in [0.15, 0.2) is 18.2 Å². The van der Waals surface area contributed by atoms with Crippen molar-refractivity contribution in [3.8, 4) is 5.75 Å². The van der Waals surface area contributed by atoms with Gasteiger partial charge in [0.1, 0.15) is 0 Å². The molecule has 1 aromatic carbocycles. The predicted molar refractivity (Wildman–Crippen MR) is 50.5 cm³/mol.